The monoisotopic (exact) mass is 510 g/mol. The van der Waals surface area contributed by atoms with Gasteiger partial charge >= 0.3 is 5.97 Å². The third-order valence-corrected chi connectivity index (χ3v) is 7.20. The first-order valence-corrected chi connectivity index (χ1v) is 12.7. The zero-order chi connectivity index (χ0) is 24.6. The lowest BCUT2D eigenvalue weighted by molar-refractivity contribution is -0.118. The van der Waals surface area contributed by atoms with Crippen LogP contribution < -0.4 is 10.1 Å². The number of amides is 1. The van der Waals surface area contributed by atoms with Crippen molar-refractivity contribution in [2.75, 3.05) is 44.8 Å². The number of morpholine rings is 1. The lowest BCUT2D eigenvalue weighted by Crippen LogP contribution is -2.40. The van der Waals surface area contributed by atoms with E-state index in [1.54, 1.807) is 24.3 Å². The van der Waals surface area contributed by atoms with Gasteiger partial charge in [0.05, 0.1) is 35.3 Å². The summed E-state index contributed by atoms with van der Waals surface area (Å²) in [6.45, 7) is 3.28. The Hall–Kier alpha value is -2.66. The second-order valence-corrected chi connectivity index (χ2v) is 9.86. The van der Waals surface area contributed by atoms with Gasteiger partial charge in [-0.1, -0.05) is 24.9 Å². The molecular formula is C23H27ClN2O7S. The summed E-state index contributed by atoms with van der Waals surface area (Å²) in [4.78, 5) is 24.2. The highest BCUT2D eigenvalue weighted by molar-refractivity contribution is 7.89. The molecule has 1 saturated heterocycles. The summed E-state index contributed by atoms with van der Waals surface area (Å²) in [5.41, 5.74) is 0.876. The molecular weight excluding hydrogens is 484 g/mol. The van der Waals surface area contributed by atoms with Gasteiger partial charge in [0, 0.05) is 18.8 Å². The number of hydrogen-bond donors (Lipinski definition) is 1. The van der Waals surface area contributed by atoms with Crippen LogP contribution in [0.5, 0.6) is 5.75 Å². The van der Waals surface area contributed by atoms with Crippen LogP contribution in [0.4, 0.5) is 5.69 Å². The lowest BCUT2D eigenvalue weighted by Gasteiger charge is -2.26. The quantitative estimate of drug-likeness (QED) is 0.385. The third kappa shape index (κ3) is 6.92. The second kappa shape index (κ2) is 12.2. The number of anilines is 1. The van der Waals surface area contributed by atoms with Crippen molar-refractivity contribution in [2.24, 2.45) is 0 Å². The molecule has 2 aromatic rings. The number of esters is 1. The SMILES string of the molecule is CCCCOC(=O)c1ccc(NC(=O)COc2ccc(S(=O)(=O)N3CCOCC3)cc2Cl)cc1. The Balaban J connectivity index is 1.53. The Morgan fingerprint density at radius 3 is 2.47 bits per heavy atom. The Morgan fingerprint density at radius 2 is 1.82 bits per heavy atom. The Labute approximate surface area is 204 Å². The van der Waals surface area contributed by atoms with Crippen LogP contribution in [-0.2, 0) is 24.3 Å². The maximum Gasteiger partial charge on any atom is 0.338 e. The Morgan fingerprint density at radius 1 is 1.12 bits per heavy atom. The first-order valence-electron chi connectivity index (χ1n) is 10.9. The molecule has 0 radical (unpaired) electrons. The standard InChI is InChI=1S/C23H27ClN2O7S/c1-2-3-12-32-23(28)17-4-6-18(7-5-17)25-22(27)16-33-21-9-8-19(15-20(21)24)34(29,30)26-10-13-31-14-11-26/h4-9,15H,2-3,10-14,16H2,1H3,(H,25,27). The highest BCUT2D eigenvalue weighted by Gasteiger charge is 2.27. The average molecular weight is 511 g/mol. The van der Waals surface area contributed by atoms with Crippen LogP contribution in [0, 0.1) is 0 Å². The summed E-state index contributed by atoms with van der Waals surface area (Å²) in [5.74, 6) is -0.675. The topological polar surface area (TPSA) is 111 Å². The minimum Gasteiger partial charge on any atom is -0.482 e. The molecule has 0 bridgehead atoms. The molecule has 1 aliphatic heterocycles. The zero-order valence-corrected chi connectivity index (χ0v) is 20.4. The molecule has 0 unspecified atom stereocenters. The van der Waals surface area contributed by atoms with Crippen LogP contribution in [-0.4, -0.2) is 64.1 Å². The third-order valence-electron chi connectivity index (χ3n) is 5.01. The van der Waals surface area contributed by atoms with Gasteiger partial charge in [-0.15, -0.1) is 0 Å². The highest BCUT2D eigenvalue weighted by Crippen LogP contribution is 2.29. The molecule has 0 atom stereocenters. The number of halogens is 1. The van der Waals surface area contributed by atoms with Gasteiger partial charge in [0.2, 0.25) is 10.0 Å². The number of nitrogens with zero attached hydrogens (tertiary/aromatic N) is 1. The van der Waals surface area contributed by atoms with Crippen molar-refractivity contribution in [1.82, 2.24) is 4.31 Å². The van der Waals surface area contributed by atoms with Crippen molar-refractivity contribution in [2.45, 2.75) is 24.7 Å². The van der Waals surface area contributed by atoms with Crippen molar-refractivity contribution in [1.29, 1.82) is 0 Å². The van der Waals surface area contributed by atoms with Crippen LogP contribution in [0.2, 0.25) is 5.02 Å². The number of unbranched alkanes of at least 4 members (excludes halogenated alkanes) is 1. The van der Waals surface area contributed by atoms with Gasteiger partial charge in [-0.05, 0) is 48.9 Å². The van der Waals surface area contributed by atoms with E-state index in [-0.39, 0.29) is 35.4 Å². The Bertz CT molecular complexity index is 1100. The molecule has 1 amide bonds. The molecule has 0 aromatic heterocycles. The summed E-state index contributed by atoms with van der Waals surface area (Å²) in [7, 11) is -3.69. The predicted octanol–water partition coefficient (Wildman–Crippen LogP) is 3.34. The van der Waals surface area contributed by atoms with E-state index in [1.165, 1.54) is 22.5 Å². The van der Waals surface area contributed by atoms with E-state index in [4.69, 9.17) is 25.8 Å². The normalized spacial score (nSPS) is 14.4. The number of benzene rings is 2. The fourth-order valence-corrected chi connectivity index (χ4v) is 4.85. The van der Waals surface area contributed by atoms with Gasteiger partial charge in [-0.3, -0.25) is 4.79 Å². The lowest BCUT2D eigenvalue weighted by atomic mass is 10.2. The average Bonchev–Trinajstić information content (AvgIpc) is 2.84. The van der Waals surface area contributed by atoms with E-state index in [1.807, 2.05) is 6.92 Å². The second-order valence-electron chi connectivity index (χ2n) is 7.51. The first-order chi connectivity index (χ1) is 16.3. The van der Waals surface area contributed by atoms with Gasteiger partial charge in [0.15, 0.2) is 6.61 Å². The molecule has 1 N–H and O–H groups in total. The summed E-state index contributed by atoms with van der Waals surface area (Å²) < 4.78 is 42.6. The van der Waals surface area contributed by atoms with E-state index in [2.05, 4.69) is 5.32 Å². The molecule has 3 rings (SSSR count). The fraction of sp³-hybridized carbons (Fsp3) is 0.391. The largest absolute Gasteiger partial charge is 0.482 e. The van der Waals surface area contributed by atoms with E-state index in [9.17, 15) is 18.0 Å². The number of carbonyl (C=O) groups is 2. The summed E-state index contributed by atoms with van der Waals surface area (Å²) in [6.07, 6.45) is 1.74. The molecule has 2 aromatic carbocycles. The van der Waals surface area contributed by atoms with Gasteiger partial charge in [-0.2, -0.15) is 4.31 Å². The van der Waals surface area contributed by atoms with E-state index in [0.717, 1.165) is 12.8 Å². The maximum atomic E-state index is 12.7. The molecule has 11 heteroatoms. The highest BCUT2D eigenvalue weighted by atomic mass is 35.5. The zero-order valence-electron chi connectivity index (χ0n) is 18.8. The minimum atomic E-state index is -3.69. The summed E-state index contributed by atoms with van der Waals surface area (Å²) >= 11 is 6.20. The van der Waals surface area contributed by atoms with Gasteiger partial charge in [0.1, 0.15) is 5.75 Å². The smallest absolute Gasteiger partial charge is 0.338 e. The molecule has 1 fully saturated rings. The van der Waals surface area contributed by atoms with Gasteiger partial charge in [0.25, 0.3) is 5.91 Å². The number of rotatable bonds is 10. The number of carbonyl (C=O) groups excluding carboxylic acids is 2. The molecule has 184 valence electrons. The molecule has 0 aliphatic carbocycles. The predicted molar refractivity (Wildman–Crippen MR) is 127 cm³/mol. The van der Waals surface area contributed by atoms with Crippen molar-refractivity contribution < 1.29 is 32.2 Å². The van der Waals surface area contributed by atoms with Crippen LogP contribution in [0.25, 0.3) is 0 Å². The van der Waals surface area contributed by atoms with Crippen molar-refractivity contribution in [3.63, 3.8) is 0 Å². The Kier molecular flexibility index (Phi) is 9.28. The van der Waals surface area contributed by atoms with Crippen molar-refractivity contribution in [3.05, 3.63) is 53.1 Å². The number of nitrogens with one attached hydrogen (secondary N) is 1. The molecule has 0 saturated carbocycles. The van der Waals surface area contributed by atoms with E-state index >= 15 is 0 Å². The molecule has 1 heterocycles. The fourth-order valence-electron chi connectivity index (χ4n) is 3.12. The maximum absolute atomic E-state index is 12.7. The van der Waals surface area contributed by atoms with Gasteiger partial charge in [-0.25, -0.2) is 13.2 Å². The number of ether oxygens (including phenoxy) is 3. The molecule has 0 spiro atoms. The van der Waals surface area contributed by atoms with Crippen LogP contribution >= 0.6 is 11.6 Å². The van der Waals surface area contributed by atoms with Crippen molar-refractivity contribution >= 4 is 39.2 Å². The summed E-state index contributed by atoms with van der Waals surface area (Å²) in [6, 6.07) is 10.4. The van der Waals surface area contributed by atoms with Gasteiger partial charge < -0.3 is 19.5 Å². The van der Waals surface area contributed by atoms with Crippen molar-refractivity contribution in [3.8, 4) is 5.75 Å². The van der Waals surface area contributed by atoms with E-state index < -0.39 is 21.9 Å². The summed E-state index contributed by atoms with van der Waals surface area (Å²) in [5, 5.41) is 2.73. The van der Waals surface area contributed by atoms with Crippen LogP contribution in [0.15, 0.2) is 47.4 Å². The molecule has 1 aliphatic rings. The van der Waals surface area contributed by atoms with Crippen LogP contribution in [0.3, 0.4) is 0 Å². The van der Waals surface area contributed by atoms with E-state index in [0.29, 0.717) is 31.1 Å². The molecule has 34 heavy (non-hydrogen) atoms. The number of hydrogen-bond acceptors (Lipinski definition) is 7. The first kappa shape index (κ1) is 26.0. The molecule has 9 nitrogen and oxygen atoms in total. The minimum absolute atomic E-state index is 0.0458. The number of sulfonamides is 1. The van der Waals surface area contributed by atoms with Crippen LogP contribution in [0.1, 0.15) is 30.1 Å².